The summed E-state index contributed by atoms with van der Waals surface area (Å²) in [4.78, 5) is 12.7. The maximum absolute atomic E-state index is 12.3. The van der Waals surface area contributed by atoms with Gasteiger partial charge in [-0.15, -0.1) is 0 Å². The zero-order valence-corrected chi connectivity index (χ0v) is 10.3. The van der Waals surface area contributed by atoms with Crippen molar-refractivity contribution in [3.63, 3.8) is 0 Å². The maximum atomic E-state index is 12.3. The Morgan fingerprint density at radius 1 is 1.24 bits per heavy atom. The van der Waals surface area contributed by atoms with Gasteiger partial charge >= 0.3 is 6.18 Å². The Hall–Kier alpha value is -1.25. The minimum absolute atomic E-state index is 0.0538. The second-order valence-corrected chi connectivity index (χ2v) is 3.84. The van der Waals surface area contributed by atoms with Gasteiger partial charge in [0.25, 0.3) is 0 Å². The lowest BCUT2D eigenvalue weighted by Crippen LogP contribution is -2.46. The summed E-state index contributed by atoms with van der Waals surface area (Å²) in [5, 5.41) is 9.01. The molecule has 0 heterocycles. The number of carbonyl (C=O) groups is 1. The first kappa shape index (κ1) is 15.8. The fraction of sp³-hybridized carbons (Fsp3) is 0.818. The third-order valence-electron chi connectivity index (χ3n) is 2.87. The summed E-state index contributed by atoms with van der Waals surface area (Å²) in [5.41, 5.74) is -1.33. The van der Waals surface area contributed by atoms with Crippen molar-refractivity contribution in [2.24, 2.45) is 5.41 Å². The average molecular weight is 250 g/mol. The van der Waals surface area contributed by atoms with Crippen LogP contribution >= 0.6 is 0 Å². The summed E-state index contributed by atoms with van der Waals surface area (Å²) in [5.74, 6) is -0.732. The Morgan fingerprint density at radius 3 is 1.94 bits per heavy atom. The van der Waals surface area contributed by atoms with Crippen LogP contribution in [0.3, 0.4) is 0 Å². The number of rotatable bonds is 5. The van der Waals surface area contributed by atoms with E-state index in [9.17, 15) is 18.0 Å². The summed E-state index contributed by atoms with van der Waals surface area (Å²) in [6.07, 6.45) is -4.01. The molecule has 0 aliphatic heterocycles. The number of nitrogens with zero attached hydrogens (tertiary/aromatic N) is 2. The van der Waals surface area contributed by atoms with Gasteiger partial charge in [-0.25, -0.2) is 0 Å². The Kier molecular flexibility index (Phi) is 5.46. The molecule has 0 bridgehead atoms. The van der Waals surface area contributed by atoms with Gasteiger partial charge < -0.3 is 4.90 Å². The molecule has 0 aliphatic rings. The van der Waals surface area contributed by atoms with Crippen molar-refractivity contribution in [1.29, 1.82) is 5.26 Å². The smallest absolute Gasteiger partial charge is 0.332 e. The highest BCUT2D eigenvalue weighted by atomic mass is 19.4. The van der Waals surface area contributed by atoms with Crippen LogP contribution in [0.15, 0.2) is 0 Å². The molecule has 3 nitrogen and oxygen atoms in total. The number of carbonyl (C=O) groups excluding carboxylic acids is 1. The average Bonchev–Trinajstić information content (AvgIpc) is 2.27. The van der Waals surface area contributed by atoms with Crippen molar-refractivity contribution in [1.82, 2.24) is 4.90 Å². The van der Waals surface area contributed by atoms with E-state index in [2.05, 4.69) is 0 Å². The van der Waals surface area contributed by atoms with Crippen molar-refractivity contribution in [2.75, 3.05) is 13.1 Å². The van der Waals surface area contributed by atoms with E-state index in [0.717, 1.165) is 0 Å². The van der Waals surface area contributed by atoms with Gasteiger partial charge in [0.15, 0.2) is 0 Å². The van der Waals surface area contributed by atoms with Gasteiger partial charge in [-0.05, 0) is 19.8 Å². The minimum atomic E-state index is -4.44. The van der Waals surface area contributed by atoms with Crippen molar-refractivity contribution in [3.8, 4) is 6.07 Å². The highest BCUT2D eigenvalue weighted by molar-refractivity contribution is 5.85. The standard InChI is InChI=1S/C11H17F3N2O/c1-4-10(5-2,7-15)9(17)16(6-3)8-11(12,13)14/h4-6,8H2,1-3H3. The molecule has 0 atom stereocenters. The SMILES string of the molecule is CCN(CC(F)(F)F)C(=O)C(C#N)(CC)CC. The summed E-state index contributed by atoms with van der Waals surface area (Å²) in [7, 11) is 0. The van der Waals surface area contributed by atoms with Crippen LogP contribution in [0, 0.1) is 16.7 Å². The van der Waals surface area contributed by atoms with Crippen LogP contribution in [-0.2, 0) is 4.79 Å². The summed E-state index contributed by atoms with van der Waals surface area (Å²) < 4.78 is 36.8. The monoisotopic (exact) mass is 250 g/mol. The molecular formula is C11H17F3N2O. The number of hydrogen-bond donors (Lipinski definition) is 0. The molecule has 6 heteroatoms. The van der Waals surface area contributed by atoms with E-state index >= 15 is 0 Å². The molecule has 0 fully saturated rings. The molecule has 0 saturated carbocycles. The van der Waals surface area contributed by atoms with E-state index in [-0.39, 0.29) is 19.4 Å². The van der Waals surface area contributed by atoms with E-state index in [1.165, 1.54) is 6.92 Å². The van der Waals surface area contributed by atoms with Crippen LogP contribution in [0.1, 0.15) is 33.6 Å². The highest BCUT2D eigenvalue weighted by Gasteiger charge is 2.41. The van der Waals surface area contributed by atoms with Gasteiger partial charge in [-0.3, -0.25) is 4.79 Å². The molecular weight excluding hydrogens is 233 g/mol. The largest absolute Gasteiger partial charge is 0.406 e. The van der Waals surface area contributed by atoms with E-state index < -0.39 is 24.0 Å². The first-order valence-corrected chi connectivity index (χ1v) is 5.53. The molecule has 0 aromatic rings. The summed E-state index contributed by atoms with van der Waals surface area (Å²) in [6.45, 7) is 3.38. The molecule has 0 spiro atoms. The lowest BCUT2D eigenvalue weighted by Gasteiger charge is -2.30. The lowest BCUT2D eigenvalue weighted by molar-refractivity contribution is -0.165. The van der Waals surface area contributed by atoms with Gasteiger partial charge in [-0.1, -0.05) is 13.8 Å². The number of halogens is 3. The molecule has 0 unspecified atom stereocenters. The van der Waals surface area contributed by atoms with Crippen LogP contribution in [0.4, 0.5) is 13.2 Å². The predicted octanol–water partition coefficient (Wildman–Crippen LogP) is 2.73. The second kappa shape index (κ2) is 5.89. The Balaban J connectivity index is 5.04. The molecule has 0 aromatic carbocycles. The van der Waals surface area contributed by atoms with Crippen LogP contribution in [0.5, 0.6) is 0 Å². The van der Waals surface area contributed by atoms with E-state index in [1.54, 1.807) is 13.8 Å². The number of hydrogen-bond acceptors (Lipinski definition) is 2. The summed E-state index contributed by atoms with van der Waals surface area (Å²) in [6, 6.07) is 1.86. The molecule has 0 aromatic heterocycles. The third-order valence-corrected chi connectivity index (χ3v) is 2.87. The van der Waals surface area contributed by atoms with Gasteiger partial charge in [0, 0.05) is 6.54 Å². The zero-order valence-electron chi connectivity index (χ0n) is 10.3. The summed E-state index contributed by atoms with van der Waals surface area (Å²) >= 11 is 0. The fourth-order valence-corrected chi connectivity index (χ4v) is 1.60. The Morgan fingerprint density at radius 2 is 1.71 bits per heavy atom. The van der Waals surface area contributed by atoms with Crippen molar-refractivity contribution in [3.05, 3.63) is 0 Å². The molecule has 0 radical (unpaired) electrons. The van der Waals surface area contributed by atoms with Crippen LogP contribution in [-0.4, -0.2) is 30.1 Å². The maximum Gasteiger partial charge on any atom is 0.406 e. The Labute approximate surface area is 99.2 Å². The molecule has 0 saturated heterocycles. The first-order chi connectivity index (χ1) is 7.76. The zero-order chi connectivity index (χ0) is 13.7. The normalized spacial score (nSPS) is 12.1. The van der Waals surface area contributed by atoms with Gasteiger partial charge in [0.05, 0.1) is 6.07 Å². The van der Waals surface area contributed by atoms with Gasteiger partial charge in [0.1, 0.15) is 12.0 Å². The minimum Gasteiger partial charge on any atom is -0.332 e. The molecule has 0 N–H and O–H groups in total. The van der Waals surface area contributed by atoms with Crippen LogP contribution in [0.25, 0.3) is 0 Å². The van der Waals surface area contributed by atoms with E-state index in [4.69, 9.17) is 5.26 Å². The highest BCUT2D eigenvalue weighted by Crippen LogP contribution is 2.29. The van der Waals surface area contributed by atoms with Crippen molar-refractivity contribution < 1.29 is 18.0 Å². The molecule has 0 rings (SSSR count). The van der Waals surface area contributed by atoms with Gasteiger partial charge in [-0.2, -0.15) is 18.4 Å². The number of alkyl halides is 3. The van der Waals surface area contributed by atoms with Crippen LogP contribution in [0.2, 0.25) is 0 Å². The van der Waals surface area contributed by atoms with Crippen molar-refractivity contribution >= 4 is 5.91 Å². The van der Waals surface area contributed by atoms with E-state index in [1.807, 2.05) is 6.07 Å². The number of nitriles is 1. The molecule has 17 heavy (non-hydrogen) atoms. The molecule has 98 valence electrons. The second-order valence-electron chi connectivity index (χ2n) is 3.84. The predicted molar refractivity (Wildman–Crippen MR) is 56.9 cm³/mol. The van der Waals surface area contributed by atoms with Gasteiger partial charge in [0.2, 0.25) is 5.91 Å². The molecule has 1 amide bonds. The van der Waals surface area contributed by atoms with Crippen LogP contribution < -0.4 is 0 Å². The fourth-order valence-electron chi connectivity index (χ4n) is 1.60. The topological polar surface area (TPSA) is 44.1 Å². The third kappa shape index (κ3) is 3.91. The quantitative estimate of drug-likeness (QED) is 0.753. The molecule has 0 aliphatic carbocycles. The Bertz CT molecular complexity index is 303. The lowest BCUT2D eigenvalue weighted by atomic mass is 9.82. The first-order valence-electron chi connectivity index (χ1n) is 5.53. The number of amides is 1. The van der Waals surface area contributed by atoms with E-state index in [0.29, 0.717) is 4.90 Å². The van der Waals surface area contributed by atoms with Crippen molar-refractivity contribution in [2.45, 2.75) is 39.8 Å².